The van der Waals surface area contributed by atoms with Gasteiger partial charge in [-0.1, -0.05) is 36.4 Å². The Morgan fingerprint density at radius 1 is 0.684 bits per heavy atom. The number of nitrogens with two attached hydrogens (primary N) is 1. The first kappa shape index (κ1) is 38.0. The number of nitrogens with one attached hydrogen (secondary N) is 1. The van der Waals surface area contributed by atoms with Crippen molar-refractivity contribution < 1.29 is 19.7 Å². The topological polar surface area (TPSA) is 163 Å². The van der Waals surface area contributed by atoms with Crippen molar-refractivity contribution in [2.75, 3.05) is 42.6 Å². The lowest BCUT2D eigenvalue weighted by atomic mass is 10.0. The SMILES string of the molecule is Cc1ccc2c(N3CCC(N)CC3)nc(-c3ccccc3O)nc2c1.Cc1ccc2c(N3CCC(NC(=O)[C@H]4CCCO4)CC3)nc(-c3ccccc3O)nc2c1. The molecule has 0 radical (unpaired) electrons. The average molecular weight is 767 g/mol. The number of aromatic nitrogens is 4. The number of nitrogens with zero attached hydrogens (tertiary/aromatic N) is 6. The number of fused-ring (bicyclic) bond motifs is 2. The van der Waals surface area contributed by atoms with Gasteiger partial charge in [0.2, 0.25) is 5.91 Å². The van der Waals surface area contributed by atoms with E-state index in [9.17, 15) is 15.0 Å². The smallest absolute Gasteiger partial charge is 0.249 e. The third-order valence-electron chi connectivity index (χ3n) is 11.2. The van der Waals surface area contributed by atoms with E-state index < -0.39 is 0 Å². The number of aryl methyl sites for hydroxylation is 2. The van der Waals surface area contributed by atoms with Gasteiger partial charge in [0.25, 0.3) is 0 Å². The minimum atomic E-state index is -0.289. The predicted octanol–water partition coefficient (Wildman–Crippen LogP) is 6.81. The number of carbonyl (C=O) groups excluding carboxylic acids is 1. The van der Waals surface area contributed by atoms with Crippen LogP contribution in [-0.2, 0) is 9.53 Å². The monoisotopic (exact) mass is 766 g/mol. The van der Waals surface area contributed by atoms with E-state index in [1.807, 2.05) is 31.2 Å². The van der Waals surface area contributed by atoms with Crippen LogP contribution in [-0.4, -0.2) is 87.0 Å². The van der Waals surface area contributed by atoms with Crippen LogP contribution in [0.5, 0.6) is 11.5 Å². The third kappa shape index (κ3) is 8.47. The number of para-hydroxylation sites is 2. The van der Waals surface area contributed by atoms with Gasteiger partial charge in [-0.25, -0.2) is 19.9 Å². The van der Waals surface area contributed by atoms with Gasteiger partial charge in [0.05, 0.1) is 22.2 Å². The van der Waals surface area contributed by atoms with Crippen LogP contribution in [0.25, 0.3) is 44.6 Å². The number of anilines is 2. The molecule has 0 aliphatic carbocycles. The molecule has 3 aliphatic rings. The van der Waals surface area contributed by atoms with Gasteiger partial charge < -0.3 is 35.8 Å². The largest absolute Gasteiger partial charge is 0.507 e. The van der Waals surface area contributed by atoms with E-state index in [0.29, 0.717) is 29.4 Å². The van der Waals surface area contributed by atoms with Crippen LogP contribution in [0, 0.1) is 13.8 Å². The lowest BCUT2D eigenvalue weighted by Gasteiger charge is -2.34. The average Bonchev–Trinajstić information content (AvgIpc) is 3.77. The zero-order valence-corrected chi connectivity index (χ0v) is 32.6. The number of piperidine rings is 2. The Hall–Kier alpha value is -5.85. The van der Waals surface area contributed by atoms with Gasteiger partial charge in [0, 0.05) is 55.6 Å². The number of carbonyl (C=O) groups is 1. The van der Waals surface area contributed by atoms with Crippen LogP contribution >= 0.6 is 0 Å². The van der Waals surface area contributed by atoms with Gasteiger partial charge in [0.1, 0.15) is 29.2 Å². The molecule has 6 aromatic rings. The number of amides is 1. The fraction of sp³-hybridized carbons (Fsp3) is 0.356. The number of phenols is 2. The van der Waals surface area contributed by atoms with Crippen molar-refractivity contribution in [2.45, 2.75) is 70.6 Å². The molecule has 2 aromatic heterocycles. The molecular weight excluding hydrogens is 717 g/mol. The molecule has 9 rings (SSSR count). The number of phenolic OH excluding ortho intramolecular Hbond substituents is 2. The minimum Gasteiger partial charge on any atom is -0.507 e. The van der Waals surface area contributed by atoms with E-state index in [1.54, 1.807) is 24.3 Å². The highest BCUT2D eigenvalue weighted by Gasteiger charge is 2.29. The third-order valence-corrected chi connectivity index (χ3v) is 11.2. The van der Waals surface area contributed by atoms with Crippen LogP contribution in [0.4, 0.5) is 11.6 Å². The molecule has 0 unspecified atom stereocenters. The van der Waals surface area contributed by atoms with Crippen LogP contribution in [0.15, 0.2) is 84.9 Å². The molecule has 0 saturated carbocycles. The molecule has 0 bridgehead atoms. The summed E-state index contributed by atoms with van der Waals surface area (Å²) in [5, 5.41) is 25.8. The zero-order chi connectivity index (χ0) is 39.5. The molecule has 3 aliphatic heterocycles. The van der Waals surface area contributed by atoms with Crippen molar-refractivity contribution in [1.29, 1.82) is 0 Å². The van der Waals surface area contributed by atoms with E-state index >= 15 is 0 Å². The molecule has 1 amide bonds. The van der Waals surface area contributed by atoms with E-state index in [4.69, 9.17) is 30.4 Å². The molecule has 294 valence electrons. The molecule has 5 heterocycles. The Labute approximate surface area is 332 Å². The van der Waals surface area contributed by atoms with Gasteiger partial charge >= 0.3 is 0 Å². The summed E-state index contributed by atoms with van der Waals surface area (Å²) >= 11 is 0. The lowest BCUT2D eigenvalue weighted by molar-refractivity contribution is -0.130. The molecule has 5 N–H and O–H groups in total. The Balaban J connectivity index is 0.000000165. The van der Waals surface area contributed by atoms with Gasteiger partial charge in [0.15, 0.2) is 11.6 Å². The van der Waals surface area contributed by atoms with E-state index in [-0.39, 0.29) is 35.6 Å². The van der Waals surface area contributed by atoms with Crippen molar-refractivity contribution in [3.05, 3.63) is 96.1 Å². The highest BCUT2D eigenvalue weighted by Crippen LogP contribution is 2.35. The summed E-state index contributed by atoms with van der Waals surface area (Å²) in [6.45, 7) is 8.14. The highest BCUT2D eigenvalue weighted by molar-refractivity contribution is 5.93. The summed E-state index contributed by atoms with van der Waals surface area (Å²) in [5.74, 6) is 3.26. The molecule has 12 heteroatoms. The lowest BCUT2D eigenvalue weighted by Crippen LogP contribution is -2.47. The number of aromatic hydroxyl groups is 2. The molecule has 3 saturated heterocycles. The molecular formula is C45H50N8O4. The van der Waals surface area contributed by atoms with E-state index in [2.05, 4.69) is 58.4 Å². The van der Waals surface area contributed by atoms with Gasteiger partial charge in [-0.05, 0) is 112 Å². The van der Waals surface area contributed by atoms with Crippen molar-refractivity contribution in [3.63, 3.8) is 0 Å². The van der Waals surface area contributed by atoms with Gasteiger partial charge in [-0.3, -0.25) is 4.79 Å². The fourth-order valence-electron chi connectivity index (χ4n) is 7.92. The maximum atomic E-state index is 12.4. The minimum absolute atomic E-state index is 0.0192. The maximum absolute atomic E-state index is 12.4. The zero-order valence-electron chi connectivity index (χ0n) is 32.6. The Bertz CT molecular complexity index is 2380. The summed E-state index contributed by atoms with van der Waals surface area (Å²) in [7, 11) is 0. The summed E-state index contributed by atoms with van der Waals surface area (Å²) in [6, 6.07) is 27.2. The summed E-state index contributed by atoms with van der Waals surface area (Å²) in [4.78, 5) is 36.1. The first-order valence-corrected chi connectivity index (χ1v) is 20.0. The molecule has 0 spiro atoms. The standard InChI is InChI=1S/C25H28N4O3.C20H22N4O/c1-16-8-9-18-20(15-16)27-23(19-5-2-3-6-21(19)30)28-24(18)29-12-10-17(11-13-29)26-25(31)22-7-4-14-32-22;1-13-6-7-15-17(12-13)22-19(16-4-2-3-5-18(16)25)23-20(15)24-10-8-14(21)9-11-24/h2-3,5-6,8-9,15,17,22,30H,4,7,10-14H2,1H3,(H,26,31);2-7,12,14,25H,8-11,21H2,1H3/t22-;/m1./s1. The fourth-order valence-corrected chi connectivity index (χ4v) is 7.92. The van der Waals surface area contributed by atoms with Crippen molar-refractivity contribution in [1.82, 2.24) is 25.3 Å². The van der Waals surface area contributed by atoms with E-state index in [0.717, 1.165) is 109 Å². The number of rotatable bonds is 6. The molecule has 4 aromatic carbocycles. The molecule has 1 atom stereocenters. The highest BCUT2D eigenvalue weighted by atomic mass is 16.5. The van der Waals surface area contributed by atoms with Crippen molar-refractivity contribution in [2.24, 2.45) is 5.73 Å². The molecule has 3 fully saturated rings. The molecule has 57 heavy (non-hydrogen) atoms. The quantitative estimate of drug-likeness (QED) is 0.141. The predicted molar refractivity (Wildman–Crippen MR) is 225 cm³/mol. The van der Waals surface area contributed by atoms with Crippen molar-refractivity contribution >= 4 is 39.3 Å². The van der Waals surface area contributed by atoms with E-state index in [1.165, 1.54) is 0 Å². The van der Waals surface area contributed by atoms with Crippen LogP contribution < -0.4 is 20.9 Å². The first-order chi connectivity index (χ1) is 27.7. The Morgan fingerprint density at radius 2 is 1.18 bits per heavy atom. The van der Waals surface area contributed by atoms with Crippen LogP contribution in [0.1, 0.15) is 49.7 Å². The number of hydrogen-bond donors (Lipinski definition) is 4. The molecule has 12 nitrogen and oxygen atoms in total. The summed E-state index contributed by atoms with van der Waals surface area (Å²) in [6.07, 6.45) is 5.10. The maximum Gasteiger partial charge on any atom is 0.249 e. The Morgan fingerprint density at radius 3 is 1.65 bits per heavy atom. The van der Waals surface area contributed by atoms with Crippen LogP contribution in [0.2, 0.25) is 0 Å². The second-order valence-corrected chi connectivity index (χ2v) is 15.4. The Kier molecular flexibility index (Phi) is 11.2. The van der Waals surface area contributed by atoms with Crippen molar-refractivity contribution in [3.8, 4) is 34.3 Å². The number of benzene rings is 4. The second-order valence-electron chi connectivity index (χ2n) is 15.4. The second kappa shape index (κ2) is 16.7. The normalized spacial score (nSPS) is 17.8. The summed E-state index contributed by atoms with van der Waals surface area (Å²) < 4.78 is 5.51. The van der Waals surface area contributed by atoms with Gasteiger partial charge in [-0.2, -0.15) is 0 Å². The van der Waals surface area contributed by atoms with Gasteiger partial charge in [-0.15, -0.1) is 0 Å². The first-order valence-electron chi connectivity index (χ1n) is 20.0. The summed E-state index contributed by atoms with van der Waals surface area (Å²) in [5.41, 5.74) is 11.4. The van der Waals surface area contributed by atoms with Crippen LogP contribution in [0.3, 0.4) is 0 Å². The number of hydrogen-bond acceptors (Lipinski definition) is 11. The number of ether oxygens (including phenoxy) is 1.